The molecule has 0 bridgehead atoms. The second-order valence-electron chi connectivity index (χ2n) is 6.77. The van der Waals surface area contributed by atoms with Gasteiger partial charge in [-0.15, -0.1) is 0 Å². The van der Waals surface area contributed by atoms with Crippen molar-refractivity contribution in [3.05, 3.63) is 17.0 Å². The average molecular weight is 309 g/mol. The molecule has 7 nitrogen and oxygen atoms in total. The van der Waals surface area contributed by atoms with Gasteiger partial charge in [-0.3, -0.25) is 4.68 Å². The van der Waals surface area contributed by atoms with Crippen LogP contribution in [0.4, 0.5) is 4.79 Å². The standard InChI is InChI=1S/C15H23N3O4/c1-9(2)18-11-6-7-17(14(21)22-15(3,4)5)8-10(11)12(16-18)13(19)20/h9H,6-8H2,1-5H3,(H,19,20). The van der Waals surface area contributed by atoms with Crippen LogP contribution in [0.1, 0.15) is 62.4 Å². The van der Waals surface area contributed by atoms with Crippen LogP contribution in [0.2, 0.25) is 0 Å². The molecule has 0 atom stereocenters. The van der Waals surface area contributed by atoms with E-state index in [9.17, 15) is 14.7 Å². The van der Waals surface area contributed by atoms with Crippen LogP contribution in [0.25, 0.3) is 0 Å². The summed E-state index contributed by atoms with van der Waals surface area (Å²) in [5.74, 6) is -1.07. The van der Waals surface area contributed by atoms with Crippen molar-refractivity contribution < 1.29 is 19.4 Å². The molecule has 1 aromatic heterocycles. The zero-order chi connectivity index (χ0) is 16.7. The number of carboxylic acids is 1. The number of aromatic nitrogens is 2. The van der Waals surface area contributed by atoms with Crippen molar-refractivity contribution in [1.29, 1.82) is 0 Å². The molecule has 1 aliphatic rings. The summed E-state index contributed by atoms with van der Waals surface area (Å²) in [6.45, 7) is 10.1. The van der Waals surface area contributed by atoms with Crippen LogP contribution >= 0.6 is 0 Å². The van der Waals surface area contributed by atoms with Crippen LogP contribution in [-0.4, -0.2) is 44.0 Å². The normalized spacial score (nSPS) is 14.9. The van der Waals surface area contributed by atoms with Crippen LogP contribution in [0.3, 0.4) is 0 Å². The zero-order valence-corrected chi connectivity index (χ0v) is 13.7. The maximum absolute atomic E-state index is 12.2. The van der Waals surface area contributed by atoms with Crippen molar-refractivity contribution in [2.45, 2.75) is 59.2 Å². The van der Waals surface area contributed by atoms with Crippen molar-refractivity contribution in [2.75, 3.05) is 6.54 Å². The summed E-state index contributed by atoms with van der Waals surface area (Å²) < 4.78 is 7.10. The molecule has 0 unspecified atom stereocenters. The molecule has 0 saturated heterocycles. The molecule has 0 spiro atoms. The van der Waals surface area contributed by atoms with Crippen LogP contribution in [0, 0.1) is 0 Å². The van der Waals surface area contributed by atoms with Crippen LogP contribution in [0.5, 0.6) is 0 Å². The van der Waals surface area contributed by atoms with Crippen LogP contribution in [-0.2, 0) is 17.7 Å². The Kier molecular flexibility index (Phi) is 4.17. The van der Waals surface area contributed by atoms with Crippen molar-refractivity contribution in [3.8, 4) is 0 Å². The number of hydrogen-bond acceptors (Lipinski definition) is 4. The fraction of sp³-hybridized carbons (Fsp3) is 0.667. The summed E-state index contributed by atoms with van der Waals surface area (Å²) in [5.41, 5.74) is 0.956. The number of fused-ring (bicyclic) bond motifs is 1. The Balaban J connectivity index is 2.29. The van der Waals surface area contributed by atoms with E-state index in [1.54, 1.807) is 25.5 Å². The number of nitrogens with zero attached hydrogens (tertiary/aromatic N) is 3. The van der Waals surface area contributed by atoms with Crippen molar-refractivity contribution in [2.24, 2.45) is 0 Å². The summed E-state index contributed by atoms with van der Waals surface area (Å²) in [6, 6.07) is 0.0786. The number of hydrogen-bond donors (Lipinski definition) is 1. The Morgan fingerprint density at radius 3 is 2.45 bits per heavy atom. The zero-order valence-electron chi connectivity index (χ0n) is 13.7. The number of amides is 1. The topological polar surface area (TPSA) is 84.7 Å². The number of carboxylic acid groups (broad SMARTS) is 1. The summed E-state index contributed by atoms with van der Waals surface area (Å²) in [4.78, 5) is 25.1. The lowest BCUT2D eigenvalue weighted by atomic mass is 10.1. The molecular weight excluding hydrogens is 286 g/mol. The third-order valence-corrected chi connectivity index (χ3v) is 3.43. The predicted molar refractivity (Wildman–Crippen MR) is 79.9 cm³/mol. The minimum atomic E-state index is -1.07. The van der Waals surface area contributed by atoms with E-state index in [4.69, 9.17) is 4.74 Å². The second kappa shape index (κ2) is 5.62. The lowest BCUT2D eigenvalue weighted by Gasteiger charge is -2.30. The van der Waals surface area contributed by atoms with Gasteiger partial charge in [0.05, 0.1) is 6.54 Å². The van der Waals surface area contributed by atoms with E-state index in [1.165, 1.54) is 4.90 Å². The van der Waals surface area contributed by atoms with E-state index in [0.717, 1.165) is 5.69 Å². The van der Waals surface area contributed by atoms with Crippen LogP contribution < -0.4 is 0 Å². The van der Waals surface area contributed by atoms with E-state index in [2.05, 4.69) is 5.10 Å². The van der Waals surface area contributed by atoms with E-state index >= 15 is 0 Å². The van der Waals surface area contributed by atoms with Gasteiger partial charge in [-0.25, -0.2) is 9.59 Å². The lowest BCUT2D eigenvalue weighted by Crippen LogP contribution is -2.40. The van der Waals surface area contributed by atoms with Gasteiger partial charge in [0.1, 0.15) is 5.60 Å². The molecular formula is C15H23N3O4. The fourth-order valence-corrected chi connectivity index (χ4v) is 2.53. The highest BCUT2D eigenvalue weighted by Crippen LogP contribution is 2.26. The van der Waals surface area contributed by atoms with Crippen LogP contribution in [0.15, 0.2) is 0 Å². The Hall–Kier alpha value is -2.05. The average Bonchev–Trinajstić information content (AvgIpc) is 2.75. The Morgan fingerprint density at radius 1 is 1.32 bits per heavy atom. The minimum Gasteiger partial charge on any atom is -0.476 e. The third kappa shape index (κ3) is 3.23. The number of carbonyl (C=O) groups is 2. The third-order valence-electron chi connectivity index (χ3n) is 3.43. The number of rotatable bonds is 2. The van der Waals surface area contributed by atoms with Gasteiger partial charge in [0.25, 0.3) is 0 Å². The molecule has 7 heteroatoms. The Bertz CT molecular complexity index is 599. The summed E-state index contributed by atoms with van der Waals surface area (Å²) >= 11 is 0. The van der Waals surface area contributed by atoms with Gasteiger partial charge >= 0.3 is 12.1 Å². The molecule has 2 rings (SSSR count). The lowest BCUT2D eigenvalue weighted by molar-refractivity contribution is 0.0220. The molecule has 1 N–H and O–H groups in total. The number of aromatic carboxylic acids is 1. The highest BCUT2D eigenvalue weighted by Gasteiger charge is 2.32. The highest BCUT2D eigenvalue weighted by molar-refractivity contribution is 5.87. The molecule has 2 heterocycles. The van der Waals surface area contributed by atoms with Gasteiger partial charge in [0, 0.05) is 30.3 Å². The molecule has 1 aliphatic heterocycles. The molecule has 122 valence electrons. The van der Waals surface area contributed by atoms with Gasteiger partial charge in [0.15, 0.2) is 5.69 Å². The Labute approximate surface area is 129 Å². The van der Waals surface area contributed by atoms with Gasteiger partial charge in [-0.1, -0.05) is 0 Å². The van der Waals surface area contributed by atoms with Gasteiger partial charge in [-0.2, -0.15) is 5.10 Å². The van der Waals surface area contributed by atoms with Gasteiger partial charge in [-0.05, 0) is 34.6 Å². The van der Waals surface area contributed by atoms with Crippen molar-refractivity contribution in [1.82, 2.24) is 14.7 Å². The second-order valence-corrected chi connectivity index (χ2v) is 6.77. The molecule has 0 aliphatic carbocycles. The molecule has 1 amide bonds. The first-order valence-corrected chi connectivity index (χ1v) is 7.41. The van der Waals surface area contributed by atoms with E-state index in [1.807, 2.05) is 13.8 Å². The summed E-state index contributed by atoms with van der Waals surface area (Å²) in [7, 11) is 0. The minimum absolute atomic E-state index is 0.0250. The maximum atomic E-state index is 12.2. The number of ether oxygens (including phenoxy) is 1. The van der Waals surface area contributed by atoms with Gasteiger partial charge < -0.3 is 14.7 Å². The molecule has 0 fully saturated rings. The highest BCUT2D eigenvalue weighted by atomic mass is 16.6. The Morgan fingerprint density at radius 2 is 1.95 bits per heavy atom. The van der Waals surface area contributed by atoms with E-state index in [-0.39, 0.29) is 18.3 Å². The molecule has 0 aromatic carbocycles. The number of carbonyl (C=O) groups excluding carboxylic acids is 1. The van der Waals surface area contributed by atoms with Crippen molar-refractivity contribution in [3.63, 3.8) is 0 Å². The first kappa shape index (κ1) is 16.3. The predicted octanol–water partition coefficient (Wildman–Crippen LogP) is 2.46. The monoisotopic (exact) mass is 309 g/mol. The quantitative estimate of drug-likeness (QED) is 0.907. The first-order valence-electron chi connectivity index (χ1n) is 7.41. The van der Waals surface area contributed by atoms with E-state index in [0.29, 0.717) is 18.5 Å². The first-order chi connectivity index (χ1) is 10.1. The molecule has 0 radical (unpaired) electrons. The fourth-order valence-electron chi connectivity index (χ4n) is 2.53. The summed E-state index contributed by atoms with van der Waals surface area (Å²) in [6.07, 6.45) is 0.152. The smallest absolute Gasteiger partial charge is 0.410 e. The van der Waals surface area contributed by atoms with Crippen molar-refractivity contribution >= 4 is 12.1 Å². The molecule has 1 aromatic rings. The summed E-state index contributed by atoms with van der Waals surface area (Å²) in [5, 5.41) is 13.5. The SMILES string of the molecule is CC(C)n1nc(C(=O)O)c2c1CCN(C(=O)OC(C)(C)C)C2. The molecule has 0 saturated carbocycles. The van der Waals surface area contributed by atoms with Gasteiger partial charge in [0.2, 0.25) is 0 Å². The largest absolute Gasteiger partial charge is 0.476 e. The maximum Gasteiger partial charge on any atom is 0.410 e. The van der Waals surface area contributed by atoms with E-state index < -0.39 is 17.7 Å². The molecule has 22 heavy (non-hydrogen) atoms.